The van der Waals surface area contributed by atoms with E-state index in [2.05, 4.69) is 55.5 Å². The highest BCUT2D eigenvalue weighted by Crippen LogP contribution is 2.04. The predicted molar refractivity (Wildman–Crippen MR) is 85.2 cm³/mol. The molecule has 0 N–H and O–H groups in total. The number of rotatable bonds is 12. The molecule has 0 atom stereocenters. The molecule has 1 heteroatoms. The Bertz CT molecular complexity index is 295. The first-order chi connectivity index (χ1) is 9.41. The lowest BCUT2D eigenvalue weighted by atomic mass is 10.1. The molecule has 0 bridgehead atoms. The molecule has 0 saturated carbocycles. The molecule has 0 unspecified atom stereocenters. The van der Waals surface area contributed by atoms with E-state index < -0.39 is 0 Å². The first-order valence-corrected chi connectivity index (χ1v) is 7.50. The van der Waals surface area contributed by atoms with Gasteiger partial charge in [0.1, 0.15) is 6.29 Å². The number of hydrogen-bond acceptors (Lipinski definition) is 1. The van der Waals surface area contributed by atoms with Crippen molar-refractivity contribution in [3.63, 3.8) is 0 Å². The number of carbonyl (C=O) groups is 1. The fraction of sp³-hybridized carbons (Fsp3) is 0.500. The second kappa shape index (κ2) is 16.6. The Morgan fingerprint density at radius 1 is 0.632 bits per heavy atom. The van der Waals surface area contributed by atoms with Crippen molar-refractivity contribution in [1.29, 1.82) is 0 Å². The molecule has 0 heterocycles. The smallest absolute Gasteiger partial charge is 0.119 e. The van der Waals surface area contributed by atoms with E-state index in [4.69, 9.17) is 0 Å². The second-order valence-electron chi connectivity index (χ2n) is 4.57. The van der Waals surface area contributed by atoms with Gasteiger partial charge in [-0.25, -0.2) is 0 Å². The van der Waals surface area contributed by atoms with Crippen molar-refractivity contribution in [1.82, 2.24) is 0 Å². The van der Waals surface area contributed by atoms with Crippen LogP contribution in [0.25, 0.3) is 0 Å². The Morgan fingerprint density at radius 2 is 1.16 bits per heavy atom. The summed E-state index contributed by atoms with van der Waals surface area (Å²) in [5.41, 5.74) is 0. The van der Waals surface area contributed by atoms with E-state index in [0.29, 0.717) is 0 Å². The van der Waals surface area contributed by atoms with E-state index in [-0.39, 0.29) is 0 Å². The average Bonchev–Trinajstić information content (AvgIpc) is 2.43. The zero-order valence-corrected chi connectivity index (χ0v) is 12.3. The Kier molecular flexibility index (Phi) is 15.4. The Labute approximate surface area is 118 Å². The molecule has 0 aliphatic rings. The van der Waals surface area contributed by atoms with Crippen LogP contribution >= 0.6 is 0 Å². The van der Waals surface area contributed by atoms with Crippen LogP contribution in [0.2, 0.25) is 0 Å². The summed E-state index contributed by atoms with van der Waals surface area (Å²) < 4.78 is 0. The van der Waals surface area contributed by atoms with Crippen LogP contribution in [0.3, 0.4) is 0 Å². The zero-order valence-electron chi connectivity index (χ0n) is 12.3. The molecule has 0 aromatic rings. The predicted octanol–water partition coefficient (Wildman–Crippen LogP) is 5.55. The van der Waals surface area contributed by atoms with Gasteiger partial charge >= 0.3 is 0 Å². The van der Waals surface area contributed by atoms with Gasteiger partial charge in [0.2, 0.25) is 0 Å². The van der Waals surface area contributed by atoms with E-state index in [9.17, 15) is 4.79 Å². The normalized spacial score (nSPS) is 12.5. The van der Waals surface area contributed by atoms with Gasteiger partial charge in [-0.3, -0.25) is 0 Å². The second-order valence-corrected chi connectivity index (χ2v) is 4.57. The van der Waals surface area contributed by atoms with Crippen LogP contribution in [0.1, 0.15) is 58.3 Å². The Hall–Kier alpha value is -1.37. The van der Waals surface area contributed by atoms with E-state index in [1.807, 2.05) is 0 Å². The van der Waals surface area contributed by atoms with Crippen molar-refractivity contribution in [3.8, 4) is 0 Å². The van der Waals surface area contributed by atoms with E-state index in [1.165, 1.54) is 25.7 Å². The standard InChI is InChI=1S/C18H28O/c1-2-3-4-5-6-7-8-9-10-11-12-13-14-15-16-17-18-19/h4-11,18H,2-3,12-17H2,1H3/b5-4+,7-6+,9-8+,11-10+. The van der Waals surface area contributed by atoms with Crippen LogP contribution in [0, 0.1) is 0 Å². The third-order valence-corrected chi connectivity index (χ3v) is 2.73. The molecule has 0 amide bonds. The molecule has 0 aromatic carbocycles. The molecule has 0 aliphatic heterocycles. The van der Waals surface area contributed by atoms with Crippen LogP contribution in [-0.2, 0) is 4.79 Å². The van der Waals surface area contributed by atoms with Gasteiger partial charge in [-0.15, -0.1) is 0 Å². The quantitative estimate of drug-likeness (QED) is 0.255. The van der Waals surface area contributed by atoms with Crippen LogP contribution in [-0.4, -0.2) is 6.29 Å². The SMILES string of the molecule is CCC/C=C/C=C/C=C/C=C/CCCCCCC=O. The molecule has 0 saturated heterocycles. The van der Waals surface area contributed by atoms with Gasteiger partial charge in [0.25, 0.3) is 0 Å². The minimum Gasteiger partial charge on any atom is -0.303 e. The number of allylic oxidation sites excluding steroid dienone is 8. The fourth-order valence-corrected chi connectivity index (χ4v) is 1.62. The van der Waals surface area contributed by atoms with Crippen LogP contribution < -0.4 is 0 Å². The maximum atomic E-state index is 10.1. The minimum atomic E-state index is 0.720. The Balaban J connectivity index is 3.39. The van der Waals surface area contributed by atoms with Gasteiger partial charge < -0.3 is 4.79 Å². The molecule has 0 spiro atoms. The van der Waals surface area contributed by atoms with Crippen LogP contribution in [0.5, 0.6) is 0 Å². The lowest BCUT2D eigenvalue weighted by Crippen LogP contribution is -1.78. The topological polar surface area (TPSA) is 17.1 Å². The van der Waals surface area contributed by atoms with Crippen LogP contribution in [0.15, 0.2) is 48.6 Å². The van der Waals surface area contributed by atoms with E-state index >= 15 is 0 Å². The summed E-state index contributed by atoms with van der Waals surface area (Å²) in [6, 6.07) is 0. The summed E-state index contributed by atoms with van der Waals surface area (Å²) in [4.78, 5) is 10.1. The van der Waals surface area contributed by atoms with Gasteiger partial charge in [0.15, 0.2) is 0 Å². The van der Waals surface area contributed by atoms with E-state index in [0.717, 1.165) is 32.0 Å². The van der Waals surface area contributed by atoms with Crippen molar-refractivity contribution in [3.05, 3.63) is 48.6 Å². The molecule has 0 aromatic heterocycles. The molecule has 0 aliphatic carbocycles. The molecule has 19 heavy (non-hydrogen) atoms. The third kappa shape index (κ3) is 16.6. The summed E-state index contributed by atoms with van der Waals surface area (Å²) in [5.74, 6) is 0. The maximum absolute atomic E-state index is 10.1. The highest BCUT2D eigenvalue weighted by molar-refractivity contribution is 5.48. The molecule has 1 nitrogen and oxygen atoms in total. The molecule has 106 valence electrons. The van der Waals surface area contributed by atoms with Crippen molar-refractivity contribution < 1.29 is 4.79 Å². The molecule has 0 rings (SSSR count). The number of aldehydes is 1. The van der Waals surface area contributed by atoms with Crippen LogP contribution in [0.4, 0.5) is 0 Å². The van der Waals surface area contributed by atoms with Crippen molar-refractivity contribution >= 4 is 6.29 Å². The summed E-state index contributed by atoms with van der Waals surface area (Å²) in [7, 11) is 0. The molecular weight excluding hydrogens is 232 g/mol. The lowest BCUT2D eigenvalue weighted by molar-refractivity contribution is -0.107. The minimum absolute atomic E-state index is 0.720. The van der Waals surface area contributed by atoms with E-state index in [1.54, 1.807) is 0 Å². The zero-order chi connectivity index (χ0) is 14.0. The monoisotopic (exact) mass is 260 g/mol. The number of hydrogen-bond donors (Lipinski definition) is 0. The summed E-state index contributed by atoms with van der Waals surface area (Å²) >= 11 is 0. The Morgan fingerprint density at radius 3 is 1.74 bits per heavy atom. The summed E-state index contributed by atoms with van der Waals surface area (Å²) in [6.07, 6.45) is 26.7. The molecular formula is C18H28O. The van der Waals surface area contributed by atoms with Gasteiger partial charge in [0.05, 0.1) is 0 Å². The van der Waals surface area contributed by atoms with Gasteiger partial charge in [-0.05, 0) is 25.7 Å². The third-order valence-electron chi connectivity index (χ3n) is 2.73. The van der Waals surface area contributed by atoms with Crippen molar-refractivity contribution in [2.24, 2.45) is 0 Å². The van der Waals surface area contributed by atoms with Gasteiger partial charge in [-0.1, -0.05) is 74.8 Å². The molecule has 0 fully saturated rings. The highest BCUT2D eigenvalue weighted by atomic mass is 16.1. The largest absolute Gasteiger partial charge is 0.303 e. The first kappa shape index (κ1) is 17.6. The maximum Gasteiger partial charge on any atom is 0.119 e. The highest BCUT2D eigenvalue weighted by Gasteiger charge is 1.87. The average molecular weight is 260 g/mol. The number of carbonyl (C=O) groups excluding carboxylic acids is 1. The van der Waals surface area contributed by atoms with Gasteiger partial charge in [-0.2, -0.15) is 0 Å². The van der Waals surface area contributed by atoms with Gasteiger partial charge in [0, 0.05) is 6.42 Å². The number of unbranched alkanes of at least 4 members (excludes halogenated alkanes) is 6. The van der Waals surface area contributed by atoms with Crippen molar-refractivity contribution in [2.45, 2.75) is 58.3 Å². The molecule has 0 radical (unpaired) electrons. The lowest BCUT2D eigenvalue weighted by Gasteiger charge is -1.94. The first-order valence-electron chi connectivity index (χ1n) is 7.50. The fourth-order valence-electron chi connectivity index (χ4n) is 1.62. The summed E-state index contributed by atoms with van der Waals surface area (Å²) in [6.45, 7) is 2.18. The summed E-state index contributed by atoms with van der Waals surface area (Å²) in [5, 5.41) is 0. The van der Waals surface area contributed by atoms with Crippen molar-refractivity contribution in [2.75, 3.05) is 0 Å².